The van der Waals surface area contributed by atoms with Gasteiger partial charge in [-0.1, -0.05) is 30.3 Å². The molecule has 6 nitrogen and oxygen atoms in total. The Kier molecular flexibility index (Phi) is 7.02. The molecule has 1 aliphatic rings. The molecule has 0 aliphatic carbocycles. The first-order valence-corrected chi connectivity index (χ1v) is 11.1. The average Bonchev–Trinajstić information content (AvgIpc) is 3.05. The normalized spacial score (nSPS) is 14.6. The number of methoxy groups -OCH3 is 1. The second-order valence-corrected chi connectivity index (χ2v) is 8.14. The number of ether oxygens (including phenoxy) is 1. The molecule has 0 spiro atoms. The summed E-state index contributed by atoms with van der Waals surface area (Å²) in [5, 5.41) is 2.95. The van der Waals surface area contributed by atoms with Crippen molar-refractivity contribution in [2.24, 2.45) is 0 Å². The van der Waals surface area contributed by atoms with E-state index >= 15 is 0 Å². The van der Waals surface area contributed by atoms with E-state index in [0.717, 1.165) is 56.3 Å². The summed E-state index contributed by atoms with van der Waals surface area (Å²) >= 11 is 0. The fourth-order valence-electron chi connectivity index (χ4n) is 4.06. The van der Waals surface area contributed by atoms with E-state index in [1.54, 1.807) is 13.3 Å². The predicted octanol–water partition coefficient (Wildman–Crippen LogP) is 4.36. The number of nitrogens with zero attached hydrogens (tertiary/aromatic N) is 3. The first-order valence-electron chi connectivity index (χ1n) is 11.1. The van der Waals surface area contributed by atoms with Gasteiger partial charge in [0.1, 0.15) is 11.6 Å². The zero-order chi connectivity index (χ0) is 22.3. The largest absolute Gasteiger partial charge is 0.497 e. The standard InChI is InChI=1S/C26H30N4O2/c1-20-7-3-4-10-24(20)26(31)28-22-11-12-25(27-18-22)30-14-6-13-29(15-16-30)19-21-8-5-9-23(17-21)32-2/h3-5,7-12,17-18H,6,13-16,19H2,1-2H3,(H,28,31). The van der Waals surface area contributed by atoms with E-state index < -0.39 is 0 Å². The number of anilines is 2. The van der Waals surface area contributed by atoms with Gasteiger partial charge in [-0.25, -0.2) is 4.98 Å². The van der Waals surface area contributed by atoms with Crippen LogP contribution in [0.25, 0.3) is 0 Å². The minimum absolute atomic E-state index is 0.111. The second kappa shape index (κ2) is 10.3. The monoisotopic (exact) mass is 430 g/mol. The van der Waals surface area contributed by atoms with E-state index in [1.165, 1.54) is 5.56 Å². The van der Waals surface area contributed by atoms with Crippen LogP contribution in [-0.4, -0.2) is 49.1 Å². The molecule has 2 heterocycles. The van der Waals surface area contributed by atoms with Crippen LogP contribution in [0.5, 0.6) is 5.75 Å². The zero-order valence-electron chi connectivity index (χ0n) is 18.8. The molecule has 1 saturated heterocycles. The highest BCUT2D eigenvalue weighted by Crippen LogP contribution is 2.19. The van der Waals surface area contributed by atoms with E-state index in [1.807, 2.05) is 55.5 Å². The number of carbonyl (C=O) groups is 1. The molecule has 0 atom stereocenters. The maximum Gasteiger partial charge on any atom is 0.255 e. The lowest BCUT2D eigenvalue weighted by atomic mass is 10.1. The number of carbonyl (C=O) groups excluding carboxylic acids is 1. The predicted molar refractivity (Wildman–Crippen MR) is 128 cm³/mol. The fraction of sp³-hybridized carbons (Fsp3) is 0.308. The van der Waals surface area contributed by atoms with Crippen LogP contribution in [0.4, 0.5) is 11.5 Å². The van der Waals surface area contributed by atoms with E-state index in [-0.39, 0.29) is 5.91 Å². The number of aromatic nitrogens is 1. The Morgan fingerprint density at radius 1 is 1.03 bits per heavy atom. The van der Waals surface area contributed by atoms with Gasteiger partial charge in [0, 0.05) is 38.3 Å². The summed E-state index contributed by atoms with van der Waals surface area (Å²) in [6.07, 6.45) is 2.82. The van der Waals surface area contributed by atoms with E-state index in [0.29, 0.717) is 11.3 Å². The summed E-state index contributed by atoms with van der Waals surface area (Å²) in [7, 11) is 1.70. The molecule has 4 rings (SSSR count). The third-order valence-electron chi connectivity index (χ3n) is 5.85. The Morgan fingerprint density at radius 3 is 2.69 bits per heavy atom. The van der Waals surface area contributed by atoms with E-state index in [4.69, 9.17) is 4.74 Å². The van der Waals surface area contributed by atoms with Gasteiger partial charge in [0.05, 0.1) is 19.0 Å². The topological polar surface area (TPSA) is 57.7 Å². The van der Waals surface area contributed by atoms with Crippen molar-refractivity contribution in [2.75, 3.05) is 43.5 Å². The van der Waals surface area contributed by atoms with Gasteiger partial charge in [0.15, 0.2) is 0 Å². The van der Waals surface area contributed by atoms with Crippen LogP contribution in [0.15, 0.2) is 66.9 Å². The van der Waals surface area contributed by atoms with Gasteiger partial charge in [0.2, 0.25) is 0 Å². The van der Waals surface area contributed by atoms with Crippen LogP contribution in [0.1, 0.15) is 27.9 Å². The number of benzene rings is 2. The summed E-state index contributed by atoms with van der Waals surface area (Å²) in [6, 6.07) is 19.8. The Balaban J connectivity index is 1.34. The van der Waals surface area contributed by atoms with Gasteiger partial charge in [-0.2, -0.15) is 0 Å². The average molecular weight is 431 g/mol. The lowest BCUT2D eigenvalue weighted by molar-refractivity contribution is 0.102. The maximum atomic E-state index is 12.5. The Morgan fingerprint density at radius 2 is 1.91 bits per heavy atom. The highest BCUT2D eigenvalue weighted by Gasteiger charge is 2.17. The van der Waals surface area contributed by atoms with Crippen molar-refractivity contribution in [1.29, 1.82) is 0 Å². The third kappa shape index (κ3) is 5.45. The van der Waals surface area contributed by atoms with Crippen LogP contribution in [-0.2, 0) is 6.54 Å². The molecule has 0 bridgehead atoms. The lowest BCUT2D eigenvalue weighted by Gasteiger charge is -2.23. The summed E-state index contributed by atoms with van der Waals surface area (Å²) in [5.41, 5.74) is 3.61. The molecule has 32 heavy (non-hydrogen) atoms. The second-order valence-electron chi connectivity index (χ2n) is 8.14. The summed E-state index contributed by atoms with van der Waals surface area (Å²) in [5.74, 6) is 1.74. The van der Waals surface area contributed by atoms with Crippen molar-refractivity contribution in [3.63, 3.8) is 0 Å². The molecule has 3 aromatic rings. The van der Waals surface area contributed by atoms with Gasteiger partial charge in [0.25, 0.3) is 5.91 Å². The van der Waals surface area contributed by atoms with Gasteiger partial charge in [-0.15, -0.1) is 0 Å². The molecule has 0 unspecified atom stereocenters. The number of hydrogen-bond donors (Lipinski definition) is 1. The van der Waals surface area contributed by atoms with Crippen LogP contribution >= 0.6 is 0 Å². The van der Waals surface area contributed by atoms with Crippen molar-refractivity contribution in [2.45, 2.75) is 19.9 Å². The molecule has 1 amide bonds. The van der Waals surface area contributed by atoms with E-state index in [2.05, 4.69) is 32.2 Å². The fourth-order valence-corrected chi connectivity index (χ4v) is 4.06. The molecular weight excluding hydrogens is 400 g/mol. The Bertz CT molecular complexity index is 1050. The molecule has 2 aromatic carbocycles. The number of hydrogen-bond acceptors (Lipinski definition) is 5. The van der Waals surface area contributed by atoms with Crippen molar-refractivity contribution < 1.29 is 9.53 Å². The molecule has 6 heteroatoms. The first kappa shape index (κ1) is 21.8. The van der Waals surface area contributed by atoms with Gasteiger partial charge < -0.3 is 15.0 Å². The van der Waals surface area contributed by atoms with Crippen LogP contribution in [0.3, 0.4) is 0 Å². The molecule has 1 aromatic heterocycles. The quantitative estimate of drug-likeness (QED) is 0.630. The van der Waals surface area contributed by atoms with Crippen LogP contribution in [0, 0.1) is 6.92 Å². The van der Waals surface area contributed by atoms with Crippen molar-refractivity contribution in [1.82, 2.24) is 9.88 Å². The van der Waals surface area contributed by atoms with Crippen molar-refractivity contribution >= 4 is 17.4 Å². The molecule has 166 valence electrons. The number of pyridine rings is 1. The Labute approximate surface area is 189 Å². The maximum absolute atomic E-state index is 12.5. The SMILES string of the molecule is COc1cccc(CN2CCCN(c3ccc(NC(=O)c4ccccc4C)cn3)CC2)c1. The van der Waals surface area contributed by atoms with Gasteiger partial charge in [-0.3, -0.25) is 9.69 Å². The number of amides is 1. The molecule has 0 radical (unpaired) electrons. The number of rotatable bonds is 6. The van der Waals surface area contributed by atoms with Crippen LogP contribution in [0.2, 0.25) is 0 Å². The van der Waals surface area contributed by atoms with Crippen molar-refractivity contribution in [3.8, 4) is 5.75 Å². The molecule has 1 N–H and O–H groups in total. The molecule has 1 fully saturated rings. The van der Waals surface area contributed by atoms with E-state index in [9.17, 15) is 4.79 Å². The minimum Gasteiger partial charge on any atom is -0.497 e. The molecular formula is C26H30N4O2. The summed E-state index contributed by atoms with van der Waals surface area (Å²) in [6.45, 7) is 6.78. The Hall–Kier alpha value is -3.38. The lowest BCUT2D eigenvalue weighted by Crippen LogP contribution is -2.31. The molecule has 0 saturated carbocycles. The number of aryl methyl sites for hydroxylation is 1. The smallest absolute Gasteiger partial charge is 0.255 e. The van der Waals surface area contributed by atoms with Crippen molar-refractivity contribution in [3.05, 3.63) is 83.6 Å². The highest BCUT2D eigenvalue weighted by atomic mass is 16.5. The van der Waals surface area contributed by atoms with Crippen LogP contribution < -0.4 is 15.0 Å². The third-order valence-corrected chi connectivity index (χ3v) is 5.85. The number of nitrogens with one attached hydrogen (secondary N) is 1. The summed E-state index contributed by atoms with van der Waals surface area (Å²) < 4.78 is 5.35. The van der Waals surface area contributed by atoms with Gasteiger partial charge >= 0.3 is 0 Å². The first-order chi connectivity index (χ1) is 15.6. The van der Waals surface area contributed by atoms with Gasteiger partial charge in [-0.05, 0) is 54.8 Å². The zero-order valence-corrected chi connectivity index (χ0v) is 18.8. The molecule has 1 aliphatic heterocycles. The minimum atomic E-state index is -0.111. The summed E-state index contributed by atoms with van der Waals surface area (Å²) in [4.78, 5) is 21.9. The highest BCUT2D eigenvalue weighted by molar-refractivity contribution is 6.05.